The van der Waals surface area contributed by atoms with Gasteiger partial charge in [-0.15, -0.1) is 0 Å². The molecule has 1 rings (SSSR count). The summed E-state index contributed by atoms with van der Waals surface area (Å²) < 4.78 is 0. The highest BCUT2D eigenvalue weighted by molar-refractivity contribution is 5.91. The summed E-state index contributed by atoms with van der Waals surface area (Å²) in [6, 6.07) is 3.49. The standard InChI is InChI=1S/C6H9N3O/c1-4-2-3-5(8-4)6(10)9-7/h2-3,8H,7H2,1H3,(H,9,10). The van der Waals surface area contributed by atoms with Crippen LogP contribution >= 0.6 is 0 Å². The van der Waals surface area contributed by atoms with E-state index in [4.69, 9.17) is 5.84 Å². The minimum absolute atomic E-state index is 0.298. The first-order valence-corrected chi connectivity index (χ1v) is 2.90. The molecule has 1 aromatic heterocycles. The fourth-order valence-corrected chi connectivity index (χ4v) is 0.714. The van der Waals surface area contributed by atoms with Crippen molar-refractivity contribution >= 4 is 5.91 Å². The second kappa shape index (κ2) is 2.53. The molecule has 0 aliphatic heterocycles. The average Bonchev–Trinajstić information content (AvgIpc) is 2.34. The third kappa shape index (κ3) is 1.16. The predicted octanol–water partition coefficient (Wildman–Crippen LogP) is -0.0734. The summed E-state index contributed by atoms with van der Waals surface area (Å²) in [4.78, 5) is 13.6. The first-order valence-electron chi connectivity index (χ1n) is 2.90. The molecule has 0 radical (unpaired) electrons. The summed E-state index contributed by atoms with van der Waals surface area (Å²) in [5.74, 6) is 4.60. The molecule has 0 saturated heterocycles. The molecule has 0 aliphatic rings. The van der Waals surface area contributed by atoms with E-state index in [0.717, 1.165) is 5.69 Å². The van der Waals surface area contributed by atoms with Gasteiger partial charge in [0.25, 0.3) is 5.91 Å². The second-order valence-corrected chi connectivity index (χ2v) is 2.03. The molecule has 0 saturated carbocycles. The molecule has 0 bridgehead atoms. The number of hydrogen-bond acceptors (Lipinski definition) is 2. The zero-order chi connectivity index (χ0) is 7.56. The number of hydrazine groups is 1. The number of aromatic amines is 1. The maximum atomic E-state index is 10.8. The monoisotopic (exact) mass is 139 g/mol. The number of rotatable bonds is 1. The van der Waals surface area contributed by atoms with E-state index in [-0.39, 0.29) is 5.91 Å². The van der Waals surface area contributed by atoms with Crippen molar-refractivity contribution < 1.29 is 4.79 Å². The Labute approximate surface area is 58.4 Å². The number of H-pyrrole nitrogens is 1. The van der Waals surface area contributed by atoms with Crippen LogP contribution in [0.2, 0.25) is 0 Å². The Hall–Kier alpha value is -1.29. The number of aryl methyl sites for hydroxylation is 1. The minimum Gasteiger partial charge on any atom is -0.355 e. The predicted molar refractivity (Wildman–Crippen MR) is 37.2 cm³/mol. The van der Waals surface area contributed by atoms with Gasteiger partial charge in [0.1, 0.15) is 5.69 Å². The molecule has 4 heteroatoms. The van der Waals surface area contributed by atoms with Gasteiger partial charge in [0, 0.05) is 5.69 Å². The highest BCUT2D eigenvalue weighted by Gasteiger charge is 2.02. The van der Waals surface area contributed by atoms with Crippen molar-refractivity contribution in [2.75, 3.05) is 0 Å². The van der Waals surface area contributed by atoms with Crippen LogP contribution in [0.5, 0.6) is 0 Å². The molecule has 54 valence electrons. The third-order valence-electron chi connectivity index (χ3n) is 1.21. The lowest BCUT2D eigenvalue weighted by Crippen LogP contribution is -2.30. The van der Waals surface area contributed by atoms with Gasteiger partial charge in [0.2, 0.25) is 0 Å². The van der Waals surface area contributed by atoms with Crippen LogP contribution in [-0.4, -0.2) is 10.9 Å². The Kier molecular flexibility index (Phi) is 1.73. The number of carbonyl (C=O) groups is 1. The molecule has 4 nitrogen and oxygen atoms in total. The van der Waals surface area contributed by atoms with Crippen LogP contribution < -0.4 is 11.3 Å². The molecule has 10 heavy (non-hydrogen) atoms. The molecule has 1 aromatic rings. The van der Waals surface area contributed by atoms with Crippen molar-refractivity contribution in [1.29, 1.82) is 0 Å². The van der Waals surface area contributed by atoms with Gasteiger partial charge in [-0.3, -0.25) is 10.2 Å². The number of nitrogen functional groups attached to an aromatic ring is 1. The van der Waals surface area contributed by atoms with E-state index >= 15 is 0 Å². The van der Waals surface area contributed by atoms with Crippen molar-refractivity contribution in [3.8, 4) is 0 Å². The summed E-state index contributed by atoms with van der Waals surface area (Å²) in [6.07, 6.45) is 0. The molecule has 4 N–H and O–H groups in total. The quantitative estimate of drug-likeness (QED) is 0.289. The zero-order valence-corrected chi connectivity index (χ0v) is 5.64. The molecule has 0 unspecified atom stereocenters. The Morgan fingerprint density at radius 2 is 2.40 bits per heavy atom. The molecular formula is C6H9N3O. The van der Waals surface area contributed by atoms with Crippen LogP contribution in [0.15, 0.2) is 12.1 Å². The van der Waals surface area contributed by atoms with Crippen molar-refractivity contribution in [2.24, 2.45) is 5.84 Å². The van der Waals surface area contributed by atoms with E-state index in [1.165, 1.54) is 0 Å². The Balaban J connectivity index is 2.85. The van der Waals surface area contributed by atoms with E-state index in [1.54, 1.807) is 6.07 Å². The molecule has 0 aliphatic carbocycles. The largest absolute Gasteiger partial charge is 0.355 e. The second-order valence-electron chi connectivity index (χ2n) is 2.03. The third-order valence-corrected chi connectivity index (χ3v) is 1.21. The lowest BCUT2D eigenvalue weighted by atomic mass is 10.4. The van der Waals surface area contributed by atoms with Gasteiger partial charge in [-0.05, 0) is 19.1 Å². The van der Waals surface area contributed by atoms with Gasteiger partial charge >= 0.3 is 0 Å². The summed E-state index contributed by atoms with van der Waals surface area (Å²) >= 11 is 0. The summed E-state index contributed by atoms with van der Waals surface area (Å²) in [7, 11) is 0. The Morgan fingerprint density at radius 1 is 1.70 bits per heavy atom. The van der Waals surface area contributed by atoms with Gasteiger partial charge in [-0.1, -0.05) is 0 Å². The van der Waals surface area contributed by atoms with E-state index in [2.05, 4.69) is 4.98 Å². The fourth-order valence-electron chi connectivity index (χ4n) is 0.714. The van der Waals surface area contributed by atoms with Crippen LogP contribution in [0, 0.1) is 6.92 Å². The number of nitrogens with one attached hydrogen (secondary N) is 2. The number of aromatic nitrogens is 1. The molecule has 0 spiro atoms. The number of carbonyl (C=O) groups excluding carboxylic acids is 1. The topological polar surface area (TPSA) is 70.9 Å². The minimum atomic E-state index is -0.298. The van der Waals surface area contributed by atoms with Crippen molar-refractivity contribution in [3.05, 3.63) is 23.5 Å². The first kappa shape index (κ1) is 6.82. The maximum absolute atomic E-state index is 10.8. The van der Waals surface area contributed by atoms with E-state index in [9.17, 15) is 4.79 Å². The molecule has 0 aromatic carbocycles. The van der Waals surface area contributed by atoms with Gasteiger partial charge < -0.3 is 4.98 Å². The van der Waals surface area contributed by atoms with Gasteiger partial charge in [0.15, 0.2) is 0 Å². The summed E-state index contributed by atoms with van der Waals surface area (Å²) in [5, 5.41) is 0. The lowest BCUT2D eigenvalue weighted by Gasteiger charge is -1.92. The smallest absolute Gasteiger partial charge is 0.281 e. The molecular weight excluding hydrogens is 130 g/mol. The number of nitrogens with two attached hydrogens (primary N) is 1. The van der Waals surface area contributed by atoms with Gasteiger partial charge in [-0.25, -0.2) is 5.84 Å². The first-order chi connectivity index (χ1) is 4.74. The van der Waals surface area contributed by atoms with Crippen molar-refractivity contribution in [1.82, 2.24) is 10.4 Å². The zero-order valence-electron chi connectivity index (χ0n) is 5.64. The lowest BCUT2D eigenvalue weighted by molar-refractivity contribution is 0.0949. The highest BCUT2D eigenvalue weighted by Crippen LogP contribution is 1.98. The van der Waals surface area contributed by atoms with E-state index < -0.39 is 0 Å². The van der Waals surface area contributed by atoms with Gasteiger partial charge in [-0.2, -0.15) is 0 Å². The number of amides is 1. The molecule has 1 heterocycles. The van der Waals surface area contributed by atoms with Crippen molar-refractivity contribution in [3.63, 3.8) is 0 Å². The Morgan fingerprint density at radius 3 is 2.80 bits per heavy atom. The summed E-state index contributed by atoms with van der Waals surface area (Å²) in [5.41, 5.74) is 3.45. The molecule has 0 fully saturated rings. The highest BCUT2D eigenvalue weighted by atomic mass is 16.2. The molecule has 1 amide bonds. The van der Waals surface area contributed by atoms with Crippen LogP contribution in [0.3, 0.4) is 0 Å². The van der Waals surface area contributed by atoms with Gasteiger partial charge in [0.05, 0.1) is 0 Å². The fraction of sp³-hybridized carbons (Fsp3) is 0.167. The van der Waals surface area contributed by atoms with Crippen LogP contribution in [0.1, 0.15) is 16.2 Å². The normalized spacial score (nSPS) is 9.40. The van der Waals surface area contributed by atoms with Crippen LogP contribution in [-0.2, 0) is 0 Å². The van der Waals surface area contributed by atoms with Crippen molar-refractivity contribution in [2.45, 2.75) is 6.92 Å². The van der Waals surface area contributed by atoms with E-state index in [0.29, 0.717) is 5.69 Å². The van der Waals surface area contributed by atoms with Crippen LogP contribution in [0.4, 0.5) is 0 Å². The maximum Gasteiger partial charge on any atom is 0.281 e. The van der Waals surface area contributed by atoms with Crippen LogP contribution in [0.25, 0.3) is 0 Å². The Bertz CT molecular complexity index is 241. The molecule has 0 atom stereocenters. The number of hydrogen-bond donors (Lipinski definition) is 3. The average molecular weight is 139 g/mol. The van der Waals surface area contributed by atoms with E-state index in [1.807, 2.05) is 18.4 Å². The SMILES string of the molecule is Cc1ccc(C(=O)NN)[nH]1. The summed E-state index contributed by atoms with van der Waals surface area (Å²) in [6.45, 7) is 1.87.